The molecular weight excluding hydrogens is 280 g/mol. The van der Waals surface area contributed by atoms with Gasteiger partial charge in [-0.3, -0.25) is 4.79 Å². The van der Waals surface area contributed by atoms with E-state index in [9.17, 15) is 9.90 Å². The van der Waals surface area contributed by atoms with Gasteiger partial charge < -0.3 is 20.5 Å². The van der Waals surface area contributed by atoms with Gasteiger partial charge >= 0.3 is 0 Å². The lowest BCUT2D eigenvalue weighted by Crippen LogP contribution is -2.60. The van der Waals surface area contributed by atoms with Gasteiger partial charge in [-0.05, 0) is 63.4 Å². The van der Waals surface area contributed by atoms with Crippen molar-refractivity contribution < 1.29 is 14.6 Å². The van der Waals surface area contributed by atoms with E-state index in [1.807, 2.05) is 6.92 Å². The van der Waals surface area contributed by atoms with Crippen LogP contribution in [-0.4, -0.2) is 42.4 Å². The minimum atomic E-state index is -0.230. The molecular formula is C17H24N2O3. The zero-order valence-electron chi connectivity index (χ0n) is 13.0. The van der Waals surface area contributed by atoms with E-state index in [4.69, 9.17) is 4.74 Å². The van der Waals surface area contributed by atoms with E-state index in [1.165, 1.54) is 6.07 Å². The van der Waals surface area contributed by atoms with Gasteiger partial charge in [0.15, 0.2) is 0 Å². The molecule has 1 spiro atoms. The third kappa shape index (κ3) is 2.96. The van der Waals surface area contributed by atoms with Crippen LogP contribution in [0.15, 0.2) is 18.2 Å². The van der Waals surface area contributed by atoms with Gasteiger partial charge in [0.05, 0.1) is 11.6 Å². The zero-order valence-corrected chi connectivity index (χ0v) is 13.0. The quantitative estimate of drug-likeness (QED) is 0.778. The Morgan fingerprint density at radius 1 is 1.41 bits per heavy atom. The van der Waals surface area contributed by atoms with Gasteiger partial charge in [0, 0.05) is 12.2 Å². The molecule has 0 bridgehead atoms. The van der Waals surface area contributed by atoms with Gasteiger partial charge in [-0.15, -0.1) is 0 Å². The van der Waals surface area contributed by atoms with Gasteiger partial charge in [-0.2, -0.15) is 0 Å². The first-order chi connectivity index (χ1) is 10.6. The molecule has 5 heteroatoms. The molecule has 0 radical (unpaired) electrons. The predicted molar refractivity (Wildman–Crippen MR) is 84.1 cm³/mol. The molecule has 0 aromatic heterocycles. The minimum absolute atomic E-state index is 0.0410. The molecule has 1 aromatic rings. The first-order valence-corrected chi connectivity index (χ1v) is 8.06. The Balaban J connectivity index is 1.74. The maximum atomic E-state index is 12.5. The number of phenols is 1. The van der Waals surface area contributed by atoms with Crippen LogP contribution in [0.5, 0.6) is 5.75 Å². The lowest BCUT2D eigenvalue weighted by molar-refractivity contribution is -0.114. The first-order valence-electron chi connectivity index (χ1n) is 8.06. The monoisotopic (exact) mass is 304 g/mol. The average Bonchev–Trinajstić information content (AvgIpc) is 2.53. The van der Waals surface area contributed by atoms with Crippen LogP contribution < -0.4 is 10.6 Å². The third-order valence-corrected chi connectivity index (χ3v) is 4.89. The van der Waals surface area contributed by atoms with Gasteiger partial charge in [0.1, 0.15) is 5.75 Å². The van der Waals surface area contributed by atoms with Crippen LogP contribution in [0.25, 0.3) is 0 Å². The Kier molecular flexibility index (Phi) is 4.36. The third-order valence-electron chi connectivity index (χ3n) is 4.89. The van der Waals surface area contributed by atoms with E-state index in [0.29, 0.717) is 5.56 Å². The number of phenolic OH excluding ortho intramolecular Hbond substituents is 1. The fourth-order valence-corrected chi connectivity index (χ4v) is 3.47. The van der Waals surface area contributed by atoms with Crippen LogP contribution in [0.2, 0.25) is 0 Å². The molecule has 0 saturated carbocycles. The van der Waals surface area contributed by atoms with E-state index in [-0.39, 0.29) is 23.3 Å². The maximum Gasteiger partial charge on any atom is 0.251 e. The standard InChI is InChI=1S/C17H24N2O3/c1-12-4-5-13(11-14(12)20)16(21)19-15-3-2-10-22-17(15)6-8-18-9-7-17/h4-5,11,15,18,20H,2-3,6-10H2,1H3,(H,19,21). The van der Waals surface area contributed by atoms with Gasteiger partial charge in [0.2, 0.25) is 0 Å². The lowest BCUT2D eigenvalue weighted by atomic mass is 9.80. The summed E-state index contributed by atoms with van der Waals surface area (Å²) in [5.74, 6) is 0.0211. The highest BCUT2D eigenvalue weighted by molar-refractivity contribution is 5.95. The van der Waals surface area contributed by atoms with E-state index < -0.39 is 0 Å². The minimum Gasteiger partial charge on any atom is -0.508 e. The SMILES string of the molecule is Cc1ccc(C(=O)NC2CCCOC23CCNCC3)cc1O. The van der Waals surface area contributed by atoms with Crippen LogP contribution in [0, 0.1) is 6.92 Å². The van der Waals surface area contributed by atoms with Gasteiger partial charge in [-0.25, -0.2) is 0 Å². The van der Waals surface area contributed by atoms with E-state index in [2.05, 4.69) is 10.6 Å². The number of aryl methyl sites for hydroxylation is 1. The second-order valence-electron chi connectivity index (χ2n) is 6.33. The summed E-state index contributed by atoms with van der Waals surface area (Å²) in [6, 6.07) is 5.09. The summed E-state index contributed by atoms with van der Waals surface area (Å²) in [7, 11) is 0. The fourth-order valence-electron chi connectivity index (χ4n) is 3.47. The van der Waals surface area contributed by atoms with Crippen LogP contribution in [0.3, 0.4) is 0 Å². The van der Waals surface area contributed by atoms with Crippen molar-refractivity contribution in [2.24, 2.45) is 0 Å². The van der Waals surface area contributed by atoms with Crippen molar-refractivity contribution in [3.8, 4) is 5.75 Å². The number of aromatic hydroxyl groups is 1. The van der Waals surface area contributed by atoms with Crippen LogP contribution in [0.4, 0.5) is 0 Å². The normalized spacial score (nSPS) is 24.1. The second-order valence-corrected chi connectivity index (χ2v) is 6.33. The van der Waals surface area contributed by atoms with Crippen LogP contribution in [-0.2, 0) is 4.74 Å². The number of carbonyl (C=O) groups excluding carboxylic acids is 1. The van der Waals surface area contributed by atoms with E-state index in [0.717, 1.165) is 50.9 Å². The Labute approximate surface area is 131 Å². The van der Waals surface area contributed by atoms with Crippen molar-refractivity contribution in [1.29, 1.82) is 0 Å². The average molecular weight is 304 g/mol. The number of carbonyl (C=O) groups is 1. The molecule has 1 amide bonds. The Morgan fingerprint density at radius 2 is 2.18 bits per heavy atom. The van der Waals surface area contributed by atoms with Crippen molar-refractivity contribution in [2.45, 2.75) is 44.2 Å². The summed E-state index contributed by atoms with van der Waals surface area (Å²) in [4.78, 5) is 12.5. The van der Waals surface area contributed by atoms with Crippen LogP contribution in [0.1, 0.15) is 41.6 Å². The molecule has 22 heavy (non-hydrogen) atoms. The first kappa shape index (κ1) is 15.3. The molecule has 3 N–H and O–H groups in total. The number of rotatable bonds is 2. The zero-order chi connectivity index (χ0) is 15.6. The summed E-state index contributed by atoms with van der Waals surface area (Å²) in [5.41, 5.74) is 1.04. The topological polar surface area (TPSA) is 70.6 Å². The van der Waals surface area contributed by atoms with Gasteiger partial charge in [-0.1, -0.05) is 6.07 Å². The largest absolute Gasteiger partial charge is 0.508 e. The molecule has 3 rings (SSSR count). The summed E-state index contributed by atoms with van der Waals surface area (Å²) in [5, 5.41) is 16.3. The molecule has 2 aliphatic rings. The number of piperidine rings is 1. The summed E-state index contributed by atoms with van der Waals surface area (Å²) >= 11 is 0. The highest BCUT2D eigenvalue weighted by atomic mass is 16.5. The molecule has 120 valence electrons. The molecule has 2 heterocycles. The molecule has 2 fully saturated rings. The molecule has 5 nitrogen and oxygen atoms in total. The highest BCUT2D eigenvalue weighted by Gasteiger charge is 2.43. The molecule has 0 aliphatic carbocycles. The molecule has 2 aliphatic heterocycles. The number of nitrogens with one attached hydrogen (secondary N) is 2. The molecule has 2 saturated heterocycles. The predicted octanol–water partition coefficient (Wildman–Crippen LogP) is 1.73. The van der Waals surface area contributed by atoms with Crippen LogP contribution >= 0.6 is 0 Å². The van der Waals surface area contributed by atoms with Crippen molar-refractivity contribution in [3.63, 3.8) is 0 Å². The fraction of sp³-hybridized carbons (Fsp3) is 0.588. The number of hydrogen-bond donors (Lipinski definition) is 3. The summed E-state index contributed by atoms with van der Waals surface area (Å²) < 4.78 is 6.09. The van der Waals surface area contributed by atoms with Crippen molar-refractivity contribution in [1.82, 2.24) is 10.6 Å². The van der Waals surface area contributed by atoms with Gasteiger partial charge in [0.25, 0.3) is 5.91 Å². The lowest BCUT2D eigenvalue weighted by Gasteiger charge is -2.46. The maximum absolute atomic E-state index is 12.5. The second kappa shape index (κ2) is 6.26. The Bertz CT molecular complexity index is 545. The smallest absolute Gasteiger partial charge is 0.251 e. The van der Waals surface area contributed by atoms with E-state index >= 15 is 0 Å². The summed E-state index contributed by atoms with van der Waals surface area (Å²) in [6.45, 7) is 4.45. The summed E-state index contributed by atoms with van der Waals surface area (Å²) in [6.07, 6.45) is 3.77. The molecule has 1 unspecified atom stereocenters. The number of benzene rings is 1. The molecule has 1 atom stereocenters. The van der Waals surface area contributed by atoms with Crippen molar-refractivity contribution in [2.75, 3.05) is 19.7 Å². The van der Waals surface area contributed by atoms with E-state index in [1.54, 1.807) is 12.1 Å². The Hall–Kier alpha value is -1.59. The molecule has 1 aromatic carbocycles. The Morgan fingerprint density at radius 3 is 2.91 bits per heavy atom. The highest BCUT2D eigenvalue weighted by Crippen LogP contribution is 2.33. The number of ether oxygens (including phenoxy) is 1. The number of hydrogen-bond acceptors (Lipinski definition) is 4. The van der Waals surface area contributed by atoms with Crippen molar-refractivity contribution >= 4 is 5.91 Å². The van der Waals surface area contributed by atoms with Crippen molar-refractivity contribution in [3.05, 3.63) is 29.3 Å². The number of amides is 1.